The lowest BCUT2D eigenvalue weighted by Gasteiger charge is -2.28. The number of aliphatic hydroxyl groups excluding tert-OH is 1. The molecule has 0 bridgehead atoms. The number of ether oxygens (including phenoxy) is 1. The molecule has 0 fully saturated rings. The third-order valence-corrected chi connectivity index (χ3v) is 5.18. The van der Waals surface area contributed by atoms with Gasteiger partial charge in [0.2, 0.25) is 0 Å². The largest absolute Gasteiger partial charge is 0.390 e. The number of oxime groups is 1. The van der Waals surface area contributed by atoms with Gasteiger partial charge in [-0.15, -0.1) is 0 Å². The first-order chi connectivity index (χ1) is 14.7. The summed E-state index contributed by atoms with van der Waals surface area (Å²) < 4.78 is 19.4. The van der Waals surface area contributed by atoms with Crippen molar-refractivity contribution in [3.63, 3.8) is 0 Å². The fraction of sp³-hybridized carbons (Fsp3) is 0.458. The van der Waals surface area contributed by atoms with Crippen LogP contribution in [0.4, 0.5) is 4.39 Å². The topological polar surface area (TPSA) is 54.3 Å². The van der Waals surface area contributed by atoms with Crippen molar-refractivity contribution in [2.45, 2.75) is 51.5 Å². The SMILES string of the molecule is CC(C)(C)OC[C@H](O)CN(Cc1cccc(F)c1)C[C@@H]1CC(c2ccccc2Cl)=NO1. The molecule has 1 heterocycles. The minimum absolute atomic E-state index is 0.185. The molecule has 2 atom stereocenters. The van der Waals surface area contributed by atoms with Crippen molar-refractivity contribution in [3.8, 4) is 0 Å². The fourth-order valence-electron chi connectivity index (χ4n) is 3.46. The third-order valence-electron chi connectivity index (χ3n) is 4.85. The second kappa shape index (κ2) is 10.6. The zero-order valence-electron chi connectivity index (χ0n) is 18.2. The molecule has 3 rings (SSSR count). The van der Waals surface area contributed by atoms with Crippen molar-refractivity contribution in [2.75, 3.05) is 19.7 Å². The Morgan fingerprint density at radius 3 is 2.74 bits per heavy atom. The number of aliphatic hydroxyl groups is 1. The molecular formula is C24H30ClFN2O3. The fourth-order valence-corrected chi connectivity index (χ4v) is 3.71. The first-order valence-electron chi connectivity index (χ1n) is 10.5. The maximum atomic E-state index is 13.7. The van der Waals surface area contributed by atoms with Crippen molar-refractivity contribution in [1.29, 1.82) is 0 Å². The van der Waals surface area contributed by atoms with Gasteiger partial charge in [0, 0.05) is 36.6 Å². The van der Waals surface area contributed by atoms with E-state index in [0.29, 0.717) is 31.1 Å². The number of benzene rings is 2. The molecule has 0 aliphatic carbocycles. The summed E-state index contributed by atoms with van der Waals surface area (Å²) in [6.07, 6.45) is -0.258. The Kier molecular flexibility index (Phi) is 8.06. The van der Waals surface area contributed by atoms with Crippen LogP contribution in [0.3, 0.4) is 0 Å². The molecular weight excluding hydrogens is 419 g/mol. The maximum absolute atomic E-state index is 13.7. The van der Waals surface area contributed by atoms with Crippen LogP contribution < -0.4 is 0 Å². The van der Waals surface area contributed by atoms with Gasteiger partial charge in [0.05, 0.1) is 24.0 Å². The molecule has 0 unspecified atom stereocenters. The van der Waals surface area contributed by atoms with E-state index in [9.17, 15) is 9.50 Å². The van der Waals surface area contributed by atoms with E-state index >= 15 is 0 Å². The molecule has 31 heavy (non-hydrogen) atoms. The van der Waals surface area contributed by atoms with Crippen LogP contribution >= 0.6 is 11.6 Å². The Morgan fingerprint density at radius 1 is 1.26 bits per heavy atom. The standard InChI is InChI=1S/C24H30ClFN2O3/c1-24(2,3)30-16-19(29)14-28(13-17-7-6-8-18(26)11-17)15-20-12-23(27-31-20)21-9-4-5-10-22(21)25/h4-11,19-20,29H,12-16H2,1-3H3/t19-,20+/m1/s1. The average molecular weight is 449 g/mol. The Hall–Kier alpha value is -1.99. The molecule has 1 aliphatic heterocycles. The Labute approximate surface area is 188 Å². The van der Waals surface area contributed by atoms with Gasteiger partial charge in [-0.05, 0) is 44.5 Å². The van der Waals surface area contributed by atoms with Gasteiger partial charge in [-0.2, -0.15) is 0 Å². The van der Waals surface area contributed by atoms with Gasteiger partial charge in [0.25, 0.3) is 0 Å². The normalized spacial score (nSPS) is 17.5. The molecule has 2 aromatic carbocycles. The highest BCUT2D eigenvalue weighted by molar-refractivity contribution is 6.34. The lowest BCUT2D eigenvalue weighted by atomic mass is 10.0. The number of rotatable bonds is 9. The van der Waals surface area contributed by atoms with Crippen molar-refractivity contribution in [2.24, 2.45) is 5.16 Å². The van der Waals surface area contributed by atoms with E-state index in [4.69, 9.17) is 21.2 Å². The number of hydrogen-bond donors (Lipinski definition) is 1. The summed E-state index contributed by atoms with van der Waals surface area (Å²) >= 11 is 6.29. The summed E-state index contributed by atoms with van der Waals surface area (Å²) in [5.74, 6) is -0.282. The monoisotopic (exact) mass is 448 g/mol. The number of hydrogen-bond acceptors (Lipinski definition) is 5. The van der Waals surface area contributed by atoms with E-state index in [1.807, 2.05) is 56.0 Å². The van der Waals surface area contributed by atoms with Crippen LogP contribution in [-0.4, -0.2) is 53.2 Å². The van der Waals surface area contributed by atoms with Gasteiger partial charge >= 0.3 is 0 Å². The molecule has 0 amide bonds. The van der Waals surface area contributed by atoms with Crippen molar-refractivity contribution >= 4 is 17.3 Å². The van der Waals surface area contributed by atoms with Crippen molar-refractivity contribution in [3.05, 3.63) is 70.5 Å². The van der Waals surface area contributed by atoms with E-state index < -0.39 is 6.10 Å². The highest BCUT2D eigenvalue weighted by atomic mass is 35.5. The minimum atomic E-state index is -0.682. The summed E-state index contributed by atoms with van der Waals surface area (Å²) in [5.41, 5.74) is 2.16. The molecule has 0 radical (unpaired) electrons. The molecule has 0 saturated carbocycles. The van der Waals surface area contributed by atoms with Crippen molar-refractivity contribution in [1.82, 2.24) is 4.90 Å². The Morgan fingerprint density at radius 2 is 2.03 bits per heavy atom. The molecule has 7 heteroatoms. The van der Waals surface area contributed by atoms with Crippen LogP contribution in [-0.2, 0) is 16.1 Å². The second-order valence-corrected chi connectivity index (χ2v) is 9.26. The van der Waals surface area contributed by atoms with Crippen LogP contribution in [0, 0.1) is 5.82 Å². The predicted molar refractivity (Wildman–Crippen MR) is 121 cm³/mol. The Balaban J connectivity index is 1.64. The minimum Gasteiger partial charge on any atom is -0.390 e. The highest BCUT2D eigenvalue weighted by Gasteiger charge is 2.27. The summed E-state index contributed by atoms with van der Waals surface area (Å²) in [7, 11) is 0. The van der Waals surface area contributed by atoms with Crippen LogP contribution in [0.15, 0.2) is 53.7 Å². The van der Waals surface area contributed by atoms with E-state index in [1.54, 1.807) is 6.07 Å². The molecule has 168 valence electrons. The summed E-state index contributed by atoms with van der Waals surface area (Å²) in [5, 5.41) is 15.4. The molecule has 0 aromatic heterocycles. The van der Waals surface area contributed by atoms with E-state index in [-0.39, 0.29) is 24.1 Å². The Bertz CT molecular complexity index is 900. The molecule has 0 spiro atoms. The van der Waals surface area contributed by atoms with Crippen LogP contribution in [0.1, 0.15) is 38.3 Å². The third kappa shape index (κ3) is 7.58. The summed E-state index contributed by atoms with van der Waals surface area (Å²) in [4.78, 5) is 7.71. The van der Waals surface area contributed by atoms with Gasteiger partial charge in [-0.3, -0.25) is 4.90 Å². The van der Waals surface area contributed by atoms with E-state index in [1.165, 1.54) is 12.1 Å². The quantitative estimate of drug-likeness (QED) is 0.606. The van der Waals surface area contributed by atoms with Crippen LogP contribution in [0.25, 0.3) is 0 Å². The zero-order valence-corrected chi connectivity index (χ0v) is 19.0. The van der Waals surface area contributed by atoms with Crippen LogP contribution in [0.2, 0.25) is 5.02 Å². The van der Waals surface area contributed by atoms with Gasteiger partial charge in [0.1, 0.15) is 11.9 Å². The van der Waals surface area contributed by atoms with Crippen molar-refractivity contribution < 1.29 is 19.1 Å². The second-order valence-electron chi connectivity index (χ2n) is 8.85. The van der Waals surface area contributed by atoms with Gasteiger partial charge in [-0.25, -0.2) is 4.39 Å². The average Bonchev–Trinajstić information content (AvgIpc) is 3.14. The van der Waals surface area contributed by atoms with Crippen LogP contribution in [0.5, 0.6) is 0 Å². The number of nitrogens with zero attached hydrogens (tertiary/aromatic N) is 2. The van der Waals surface area contributed by atoms with Gasteiger partial charge in [0.15, 0.2) is 0 Å². The summed E-state index contributed by atoms with van der Waals surface area (Å²) in [6, 6.07) is 14.0. The van der Waals surface area contributed by atoms with E-state index in [0.717, 1.165) is 16.8 Å². The molecule has 0 saturated heterocycles. The van der Waals surface area contributed by atoms with Gasteiger partial charge < -0.3 is 14.7 Å². The predicted octanol–water partition coefficient (Wildman–Crippen LogP) is 4.65. The first-order valence-corrected chi connectivity index (χ1v) is 10.8. The lowest BCUT2D eigenvalue weighted by Crippen LogP contribution is -2.40. The molecule has 5 nitrogen and oxygen atoms in total. The lowest BCUT2D eigenvalue weighted by molar-refractivity contribution is -0.0600. The van der Waals surface area contributed by atoms with Gasteiger partial charge in [-0.1, -0.05) is 47.1 Å². The number of halogens is 2. The molecule has 1 aliphatic rings. The first kappa shape index (κ1) is 23.7. The summed E-state index contributed by atoms with van der Waals surface area (Å²) in [6.45, 7) is 7.44. The maximum Gasteiger partial charge on any atom is 0.145 e. The van der Waals surface area contributed by atoms with E-state index in [2.05, 4.69) is 5.16 Å². The molecule has 2 aromatic rings. The highest BCUT2D eigenvalue weighted by Crippen LogP contribution is 2.24. The molecule has 1 N–H and O–H groups in total. The smallest absolute Gasteiger partial charge is 0.145 e. The zero-order chi connectivity index (χ0) is 22.4.